The smallest absolute Gasteiger partial charge is 0.104 e. The van der Waals surface area contributed by atoms with Crippen molar-refractivity contribution in [2.45, 2.75) is 18.6 Å². The van der Waals surface area contributed by atoms with Gasteiger partial charge in [0.1, 0.15) is 6.10 Å². The number of rotatable bonds is 7. The number of fused-ring (bicyclic) bond motifs is 1. The van der Waals surface area contributed by atoms with E-state index >= 15 is 0 Å². The van der Waals surface area contributed by atoms with Crippen LogP contribution in [0.25, 0.3) is 0 Å². The summed E-state index contributed by atoms with van der Waals surface area (Å²) in [5.74, 6) is 0. The van der Waals surface area contributed by atoms with Crippen LogP contribution in [-0.2, 0) is 15.9 Å². The van der Waals surface area contributed by atoms with Gasteiger partial charge >= 0.3 is 0 Å². The lowest BCUT2D eigenvalue weighted by molar-refractivity contribution is 0.0462. The van der Waals surface area contributed by atoms with E-state index in [-0.39, 0.29) is 12.2 Å². The summed E-state index contributed by atoms with van der Waals surface area (Å²) in [5, 5.41) is 6.51. The molecule has 0 N–H and O–H groups in total. The van der Waals surface area contributed by atoms with Crippen LogP contribution >= 0.6 is 0 Å². The Kier molecular flexibility index (Phi) is 5.69. The van der Waals surface area contributed by atoms with Gasteiger partial charge in [0.2, 0.25) is 0 Å². The third kappa shape index (κ3) is 4.79. The molecule has 2 aliphatic heterocycles. The molecule has 2 aliphatic rings. The molecular weight excluding hydrogens is 386 g/mol. The van der Waals surface area contributed by atoms with Crippen LogP contribution < -0.4 is 9.91 Å². The van der Waals surface area contributed by atoms with E-state index in [9.17, 15) is 0 Å². The average molecular weight is 414 g/mol. The molecule has 0 bridgehead atoms. The summed E-state index contributed by atoms with van der Waals surface area (Å²) in [4.78, 5) is 2.36. The molecule has 5 heteroatoms. The number of nitrogens with zero attached hydrogens (tertiary/aromatic N) is 3. The Morgan fingerprint density at radius 3 is 2.55 bits per heavy atom. The summed E-state index contributed by atoms with van der Waals surface area (Å²) in [5.41, 5.74) is 5.85. The van der Waals surface area contributed by atoms with Gasteiger partial charge in [0.25, 0.3) is 0 Å². The Morgan fingerprint density at radius 1 is 1.06 bits per heavy atom. The van der Waals surface area contributed by atoms with Crippen molar-refractivity contribution < 1.29 is 9.47 Å². The van der Waals surface area contributed by atoms with E-state index in [2.05, 4.69) is 58.5 Å². The van der Waals surface area contributed by atoms with Crippen LogP contribution in [0.2, 0.25) is 0 Å². The normalized spacial score (nSPS) is 20.0. The molecule has 3 aromatic carbocycles. The fourth-order valence-electron chi connectivity index (χ4n) is 3.96. The zero-order valence-electron chi connectivity index (χ0n) is 17.7. The maximum Gasteiger partial charge on any atom is 0.104 e. The van der Waals surface area contributed by atoms with Gasteiger partial charge in [-0.1, -0.05) is 42.5 Å². The Hall–Kier alpha value is -3.15. The predicted octanol–water partition coefficient (Wildman–Crippen LogP) is 4.64. The summed E-state index contributed by atoms with van der Waals surface area (Å²) in [6.07, 6.45) is 3.22. The second-order valence-corrected chi connectivity index (χ2v) is 8.05. The minimum absolute atomic E-state index is 0.135. The summed E-state index contributed by atoms with van der Waals surface area (Å²) in [7, 11) is 1.96. The Morgan fingerprint density at radius 2 is 1.81 bits per heavy atom. The number of benzene rings is 3. The lowest BCUT2D eigenvalue weighted by Gasteiger charge is -2.36. The molecular formula is C26H27N3O2. The quantitative estimate of drug-likeness (QED) is 0.322. The highest BCUT2D eigenvalue weighted by Gasteiger charge is 2.29. The van der Waals surface area contributed by atoms with Crippen LogP contribution in [0.3, 0.4) is 0 Å². The highest BCUT2D eigenvalue weighted by atomic mass is 16.6. The molecule has 2 atom stereocenters. The second-order valence-electron chi connectivity index (χ2n) is 8.05. The first-order valence-electron chi connectivity index (χ1n) is 10.8. The second kappa shape index (κ2) is 8.92. The van der Waals surface area contributed by atoms with Gasteiger partial charge < -0.3 is 14.4 Å². The molecule has 158 valence electrons. The van der Waals surface area contributed by atoms with Crippen molar-refractivity contribution in [2.24, 2.45) is 5.10 Å². The molecule has 0 amide bonds. The molecule has 0 aromatic heterocycles. The van der Waals surface area contributed by atoms with E-state index in [0.717, 1.165) is 30.8 Å². The lowest BCUT2D eigenvalue weighted by atomic mass is 9.97. The van der Waals surface area contributed by atoms with Crippen molar-refractivity contribution >= 4 is 23.3 Å². The van der Waals surface area contributed by atoms with Gasteiger partial charge in [-0.25, -0.2) is 0 Å². The summed E-state index contributed by atoms with van der Waals surface area (Å²) >= 11 is 0. The molecule has 5 nitrogen and oxygen atoms in total. The number of hydrogen-bond acceptors (Lipinski definition) is 5. The Bertz CT molecular complexity index is 1040. The molecule has 0 saturated carbocycles. The summed E-state index contributed by atoms with van der Waals surface area (Å²) in [6.45, 7) is 2.33. The first-order chi connectivity index (χ1) is 15.3. The standard InChI is InChI=1S/C26H27N3O2/c1-28(22-8-4-2-5-9-22)27-16-20-12-13-26-21(14-20)15-24(30-18-25-19-31-25)17-29(26)23-10-6-3-7-11-23/h2-14,16,24-25H,15,17-19H2,1H3. The zero-order chi connectivity index (χ0) is 21.0. The van der Waals surface area contributed by atoms with Gasteiger partial charge in [-0.15, -0.1) is 0 Å². The van der Waals surface area contributed by atoms with Gasteiger partial charge in [0, 0.05) is 31.4 Å². The van der Waals surface area contributed by atoms with Crippen LogP contribution in [0.4, 0.5) is 17.1 Å². The Balaban J connectivity index is 1.39. The van der Waals surface area contributed by atoms with Crippen molar-refractivity contribution in [1.29, 1.82) is 0 Å². The molecule has 1 fully saturated rings. The third-order valence-corrected chi connectivity index (χ3v) is 5.73. The topological polar surface area (TPSA) is 40.6 Å². The Labute approximate surface area is 183 Å². The van der Waals surface area contributed by atoms with E-state index in [1.54, 1.807) is 0 Å². The molecule has 31 heavy (non-hydrogen) atoms. The first-order valence-corrected chi connectivity index (χ1v) is 10.8. The minimum Gasteiger partial charge on any atom is -0.373 e. The lowest BCUT2D eigenvalue weighted by Crippen LogP contribution is -2.38. The largest absolute Gasteiger partial charge is 0.373 e. The minimum atomic E-state index is 0.135. The van der Waals surface area contributed by atoms with Gasteiger partial charge in [-0.05, 0) is 47.5 Å². The van der Waals surface area contributed by atoms with Gasteiger partial charge in [-0.3, -0.25) is 5.01 Å². The van der Waals surface area contributed by atoms with Crippen LogP contribution in [0.1, 0.15) is 11.1 Å². The zero-order valence-corrected chi connectivity index (χ0v) is 17.7. The van der Waals surface area contributed by atoms with E-state index in [1.807, 2.05) is 48.6 Å². The maximum absolute atomic E-state index is 6.20. The van der Waals surface area contributed by atoms with Gasteiger partial charge in [-0.2, -0.15) is 5.10 Å². The number of hydrazone groups is 1. The van der Waals surface area contributed by atoms with Crippen LogP contribution in [-0.4, -0.2) is 45.2 Å². The maximum atomic E-state index is 6.20. The molecule has 0 spiro atoms. The van der Waals surface area contributed by atoms with E-state index in [1.165, 1.54) is 16.9 Å². The van der Waals surface area contributed by atoms with Gasteiger partial charge in [0.05, 0.1) is 31.2 Å². The molecule has 0 radical (unpaired) electrons. The number of epoxide rings is 1. The van der Waals surface area contributed by atoms with E-state index in [0.29, 0.717) is 6.61 Å². The molecule has 3 aromatic rings. The highest BCUT2D eigenvalue weighted by Crippen LogP contribution is 2.35. The number of anilines is 3. The third-order valence-electron chi connectivity index (χ3n) is 5.73. The van der Waals surface area contributed by atoms with Crippen LogP contribution in [0, 0.1) is 0 Å². The molecule has 0 aliphatic carbocycles. The molecule has 1 saturated heterocycles. The highest BCUT2D eigenvalue weighted by molar-refractivity contribution is 5.83. The predicted molar refractivity (Wildman–Crippen MR) is 126 cm³/mol. The molecule has 2 unspecified atom stereocenters. The number of para-hydroxylation sites is 2. The van der Waals surface area contributed by atoms with Crippen LogP contribution in [0.15, 0.2) is 84.0 Å². The van der Waals surface area contributed by atoms with E-state index in [4.69, 9.17) is 9.47 Å². The number of ether oxygens (including phenoxy) is 2. The van der Waals surface area contributed by atoms with Crippen molar-refractivity contribution in [3.05, 3.63) is 90.0 Å². The summed E-state index contributed by atoms with van der Waals surface area (Å²) < 4.78 is 11.5. The van der Waals surface area contributed by atoms with E-state index < -0.39 is 0 Å². The van der Waals surface area contributed by atoms with Gasteiger partial charge in [0.15, 0.2) is 0 Å². The van der Waals surface area contributed by atoms with Crippen molar-refractivity contribution in [2.75, 3.05) is 36.7 Å². The van der Waals surface area contributed by atoms with Crippen molar-refractivity contribution in [3.63, 3.8) is 0 Å². The fraction of sp³-hybridized carbons (Fsp3) is 0.269. The monoisotopic (exact) mass is 413 g/mol. The molecule has 2 heterocycles. The fourth-order valence-corrected chi connectivity index (χ4v) is 3.96. The van der Waals surface area contributed by atoms with Crippen molar-refractivity contribution in [3.8, 4) is 0 Å². The first kappa shape index (κ1) is 19.8. The average Bonchev–Trinajstić information content (AvgIpc) is 3.66. The number of hydrogen-bond donors (Lipinski definition) is 0. The van der Waals surface area contributed by atoms with Crippen LogP contribution in [0.5, 0.6) is 0 Å². The molecule has 5 rings (SSSR count). The summed E-state index contributed by atoms with van der Waals surface area (Å²) in [6, 6.07) is 27.2. The SMILES string of the molecule is CN(N=Cc1ccc2c(c1)CC(OCC1CO1)CN2c1ccccc1)c1ccccc1. The van der Waals surface area contributed by atoms with Crippen molar-refractivity contribution in [1.82, 2.24) is 0 Å².